The molecule has 0 saturated heterocycles. The molecule has 152 valence electrons. The molecule has 2 aromatic carbocycles. The molecule has 1 aromatic heterocycles. The van der Waals surface area contributed by atoms with E-state index in [1.807, 2.05) is 47.3 Å². The molecule has 3 rings (SSSR count). The second-order valence-corrected chi connectivity index (χ2v) is 6.40. The van der Waals surface area contributed by atoms with Gasteiger partial charge in [0.15, 0.2) is 17.5 Å². The monoisotopic (exact) mass is 393 g/mol. The Balaban J connectivity index is 1.62. The predicted molar refractivity (Wildman–Crippen MR) is 114 cm³/mol. The topological polar surface area (TPSA) is 72.7 Å². The van der Waals surface area contributed by atoms with Crippen LogP contribution in [0.15, 0.2) is 65.9 Å². The van der Waals surface area contributed by atoms with Crippen molar-refractivity contribution in [3.8, 4) is 11.5 Å². The van der Waals surface area contributed by atoms with Crippen molar-refractivity contribution >= 4 is 5.96 Å². The van der Waals surface area contributed by atoms with E-state index in [4.69, 9.17) is 9.47 Å². The second-order valence-electron chi connectivity index (χ2n) is 6.40. The minimum atomic E-state index is 0.564. The van der Waals surface area contributed by atoms with Gasteiger partial charge >= 0.3 is 0 Å². The Morgan fingerprint density at radius 1 is 0.931 bits per heavy atom. The molecule has 0 bridgehead atoms. The van der Waals surface area contributed by atoms with Gasteiger partial charge in [-0.3, -0.25) is 9.67 Å². The van der Waals surface area contributed by atoms with E-state index in [0.29, 0.717) is 24.8 Å². The summed E-state index contributed by atoms with van der Waals surface area (Å²) in [5.41, 5.74) is 3.41. The molecular weight excluding hydrogens is 366 g/mol. The van der Waals surface area contributed by atoms with Gasteiger partial charge in [-0.1, -0.05) is 36.4 Å². The molecule has 29 heavy (non-hydrogen) atoms. The summed E-state index contributed by atoms with van der Waals surface area (Å²) in [6, 6.07) is 16.1. The maximum Gasteiger partial charge on any atom is 0.191 e. The summed E-state index contributed by atoms with van der Waals surface area (Å²) < 4.78 is 12.8. The smallest absolute Gasteiger partial charge is 0.191 e. The van der Waals surface area contributed by atoms with E-state index in [1.165, 1.54) is 11.1 Å². The molecule has 0 aliphatic rings. The van der Waals surface area contributed by atoms with E-state index < -0.39 is 0 Å². The van der Waals surface area contributed by atoms with Gasteiger partial charge in [-0.15, -0.1) is 0 Å². The molecule has 7 heteroatoms. The zero-order chi connectivity index (χ0) is 20.5. The van der Waals surface area contributed by atoms with Crippen LogP contribution >= 0.6 is 0 Å². The van der Waals surface area contributed by atoms with Crippen molar-refractivity contribution in [1.29, 1.82) is 0 Å². The lowest BCUT2D eigenvalue weighted by Gasteiger charge is -2.16. The number of ether oxygens (including phenoxy) is 2. The van der Waals surface area contributed by atoms with Crippen molar-refractivity contribution in [2.24, 2.45) is 4.99 Å². The zero-order valence-corrected chi connectivity index (χ0v) is 17.1. The third-order valence-electron chi connectivity index (χ3n) is 4.61. The van der Waals surface area contributed by atoms with Crippen LogP contribution in [0, 0.1) is 0 Å². The van der Waals surface area contributed by atoms with Gasteiger partial charge in [0.25, 0.3) is 0 Å². The van der Waals surface area contributed by atoms with E-state index >= 15 is 0 Å². The summed E-state index contributed by atoms with van der Waals surface area (Å²) in [6.45, 7) is 1.96. The average Bonchev–Trinajstić information content (AvgIpc) is 3.27. The number of aromatic nitrogens is 2. The van der Waals surface area contributed by atoms with Gasteiger partial charge in [-0.05, 0) is 23.3 Å². The van der Waals surface area contributed by atoms with Gasteiger partial charge in [0, 0.05) is 38.1 Å². The summed E-state index contributed by atoms with van der Waals surface area (Å²) >= 11 is 0. The lowest BCUT2D eigenvalue weighted by atomic mass is 10.1. The van der Waals surface area contributed by atoms with Crippen molar-refractivity contribution in [3.05, 3.63) is 77.6 Å². The fourth-order valence-electron chi connectivity index (χ4n) is 3.12. The highest BCUT2D eigenvalue weighted by Gasteiger charge is 2.10. The molecule has 0 unspecified atom stereocenters. The Morgan fingerprint density at radius 2 is 1.66 bits per heavy atom. The number of para-hydroxylation sites is 1. The normalized spacial score (nSPS) is 11.2. The van der Waals surface area contributed by atoms with E-state index in [0.717, 1.165) is 17.9 Å². The minimum absolute atomic E-state index is 0.564. The molecule has 3 aromatic rings. The quantitative estimate of drug-likeness (QED) is 0.455. The first kappa shape index (κ1) is 20.3. The summed E-state index contributed by atoms with van der Waals surface area (Å²) in [5.74, 6) is 2.15. The van der Waals surface area contributed by atoms with Gasteiger partial charge in [0.1, 0.15) is 0 Å². The molecule has 0 fully saturated rings. The van der Waals surface area contributed by atoms with E-state index in [9.17, 15) is 0 Å². The molecule has 1 heterocycles. The highest BCUT2D eigenvalue weighted by Crippen LogP contribution is 2.30. The Kier molecular flexibility index (Phi) is 7.10. The third kappa shape index (κ3) is 5.28. The number of rotatable bonds is 8. The van der Waals surface area contributed by atoms with Crippen LogP contribution in [0.2, 0.25) is 0 Å². The number of benzene rings is 2. The van der Waals surface area contributed by atoms with Gasteiger partial charge in [0.05, 0.1) is 20.8 Å². The number of guanidine groups is 1. The van der Waals surface area contributed by atoms with E-state index in [1.54, 1.807) is 27.5 Å². The van der Waals surface area contributed by atoms with E-state index in [2.05, 4.69) is 32.9 Å². The standard InChI is InChI=1S/C22H27N5O2/c1-23-22(25-15-18-10-6-11-20(28-2)21(18)29-3)24-14-17-8-4-5-9-19(17)16-27-13-7-12-26-27/h4-13H,14-16H2,1-3H3,(H2,23,24,25). The lowest BCUT2D eigenvalue weighted by molar-refractivity contribution is 0.351. The zero-order valence-electron chi connectivity index (χ0n) is 17.1. The van der Waals surface area contributed by atoms with Gasteiger partial charge < -0.3 is 20.1 Å². The average molecular weight is 393 g/mol. The lowest BCUT2D eigenvalue weighted by Crippen LogP contribution is -2.36. The Morgan fingerprint density at radius 3 is 2.31 bits per heavy atom. The second kappa shape index (κ2) is 10.2. The Bertz CT molecular complexity index is 938. The Hall–Kier alpha value is -3.48. The van der Waals surface area contributed by atoms with E-state index in [-0.39, 0.29) is 0 Å². The van der Waals surface area contributed by atoms with Crippen molar-refractivity contribution in [2.45, 2.75) is 19.6 Å². The first-order chi connectivity index (χ1) is 14.2. The molecule has 0 spiro atoms. The van der Waals surface area contributed by atoms with Crippen LogP contribution in [0.1, 0.15) is 16.7 Å². The maximum absolute atomic E-state index is 5.49. The number of nitrogens with one attached hydrogen (secondary N) is 2. The van der Waals surface area contributed by atoms with Crippen LogP contribution in [-0.4, -0.2) is 37.0 Å². The molecule has 2 N–H and O–H groups in total. The van der Waals surface area contributed by atoms with Crippen LogP contribution < -0.4 is 20.1 Å². The fraction of sp³-hybridized carbons (Fsp3) is 0.273. The minimum Gasteiger partial charge on any atom is -0.493 e. The summed E-state index contributed by atoms with van der Waals surface area (Å²) in [5, 5.41) is 11.0. The molecule has 0 aliphatic carbocycles. The first-order valence-electron chi connectivity index (χ1n) is 9.43. The largest absolute Gasteiger partial charge is 0.493 e. The number of nitrogens with zero attached hydrogens (tertiary/aromatic N) is 3. The van der Waals surface area contributed by atoms with Crippen LogP contribution in [0.5, 0.6) is 11.5 Å². The number of hydrogen-bond donors (Lipinski definition) is 2. The molecule has 0 radical (unpaired) electrons. The molecule has 0 saturated carbocycles. The highest BCUT2D eigenvalue weighted by atomic mass is 16.5. The molecule has 7 nitrogen and oxygen atoms in total. The maximum atomic E-state index is 5.49. The van der Waals surface area contributed by atoms with Gasteiger partial charge in [0.2, 0.25) is 0 Å². The molecular formula is C22H27N5O2. The number of methoxy groups -OCH3 is 2. The molecule has 0 atom stereocenters. The van der Waals surface area contributed by atoms with Gasteiger partial charge in [-0.25, -0.2) is 0 Å². The first-order valence-corrected chi connectivity index (χ1v) is 9.43. The molecule has 0 aliphatic heterocycles. The van der Waals surface area contributed by atoms with Crippen molar-refractivity contribution < 1.29 is 9.47 Å². The molecule has 0 amide bonds. The number of hydrogen-bond acceptors (Lipinski definition) is 4. The van der Waals surface area contributed by atoms with Crippen molar-refractivity contribution in [1.82, 2.24) is 20.4 Å². The SMILES string of the molecule is CN=C(NCc1ccccc1Cn1cccn1)NCc1cccc(OC)c1OC. The highest BCUT2D eigenvalue weighted by molar-refractivity contribution is 5.79. The van der Waals surface area contributed by atoms with Gasteiger partial charge in [-0.2, -0.15) is 5.10 Å². The van der Waals surface area contributed by atoms with Crippen LogP contribution in [0.4, 0.5) is 0 Å². The summed E-state index contributed by atoms with van der Waals surface area (Å²) in [4.78, 5) is 4.33. The third-order valence-corrected chi connectivity index (χ3v) is 4.61. The summed E-state index contributed by atoms with van der Waals surface area (Å²) in [7, 11) is 5.04. The van der Waals surface area contributed by atoms with Crippen molar-refractivity contribution in [2.75, 3.05) is 21.3 Å². The fourth-order valence-corrected chi connectivity index (χ4v) is 3.12. The Labute approximate surface area is 171 Å². The predicted octanol–water partition coefficient (Wildman–Crippen LogP) is 2.81. The summed E-state index contributed by atoms with van der Waals surface area (Å²) in [6.07, 6.45) is 3.76. The van der Waals surface area contributed by atoms with Crippen LogP contribution in [0.3, 0.4) is 0 Å². The number of aliphatic imine (C=N–C) groups is 1. The van der Waals surface area contributed by atoms with Crippen molar-refractivity contribution in [3.63, 3.8) is 0 Å². The van der Waals surface area contributed by atoms with Crippen LogP contribution in [-0.2, 0) is 19.6 Å². The van der Waals surface area contributed by atoms with Crippen LogP contribution in [0.25, 0.3) is 0 Å².